The van der Waals surface area contributed by atoms with Crippen molar-refractivity contribution in [2.75, 3.05) is 11.9 Å². The molecule has 1 aromatic carbocycles. The molecule has 0 aliphatic carbocycles. The van der Waals surface area contributed by atoms with Gasteiger partial charge < -0.3 is 4.90 Å². The van der Waals surface area contributed by atoms with E-state index in [1.54, 1.807) is 0 Å². The average molecular weight is 248 g/mol. The molecule has 0 saturated heterocycles. The summed E-state index contributed by atoms with van der Waals surface area (Å²) in [7, 11) is 1.50. The van der Waals surface area contributed by atoms with Crippen molar-refractivity contribution in [3.05, 3.63) is 59.9 Å². The zero-order valence-corrected chi connectivity index (χ0v) is 9.60. The van der Waals surface area contributed by atoms with E-state index >= 15 is 0 Å². The monoisotopic (exact) mass is 248 g/mol. The summed E-state index contributed by atoms with van der Waals surface area (Å²) >= 11 is 0. The Morgan fingerprint density at radius 3 is 2.44 bits per heavy atom. The molecule has 0 aliphatic rings. The molecule has 3 nitrogen and oxygen atoms in total. The van der Waals surface area contributed by atoms with Gasteiger partial charge in [0.05, 0.1) is 11.8 Å². The fourth-order valence-electron chi connectivity index (χ4n) is 1.51. The Bertz CT molecular complexity index is 569. The van der Waals surface area contributed by atoms with Crippen molar-refractivity contribution in [3.63, 3.8) is 0 Å². The molecule has 0 unspecified atom stereocenters. The van der Waals surface area contributed by atoms with Crippen LogP contribution in [0.15, 0.2) is 42.7 Å². The summed E-state index contributed by atoms with van der Waals surface area (Å²) in [5, 5.41) is 0. The molecule has 1 aromatic heterocycles. The number of halogens is 2. The van der Waals surface area contributed by atoms with Crippen LogP contribution in [0.25, 0.3) is 0 Å². The van der Waals surface area contributed by atoms with Gasteiger partial charge in [-0.05, 0) is 30.3 Å². The molecule has 2 aromatic rings. The number of nitrogens with zero attached hydrogens (tertiary/aromatic N) is 2. The first-order valence-electron chi connectivity index (χ1n) is 5.22. The largest absolute Gasteiger partial charge is 0.311 e. The Morgan fingerprint density at radius 1 is 1.17 bits per heavy atom. The van der Waals surface area contributed by atoms with Crippen LogP contribution in [-0.4, -0.2) is 17.9 Å². The van der Waals surface area contributed by atoms with Crippen molar-refractivity contribution in [2.45, 2.75) is 0 Å². The highest BCUT2D eigenvalue weighted by Crippen LogP contribution is 2.17. The van der Waals surface area contributed by atoms with Gasteiger partial charge in [-0.15, -0.1) is 0 Å². The zero-order valence-electron chi connectivity index (χ0n) is 9.60. The van der Waals surface area contributed by atoms with Crippen LogP contribution in [0.3, 0.4) is 0 Å². The first kappa shape index (κ1) is 12.2. The first-order valence-corrected chi connectivity index (χ1v) is 5.22. The molecule has 92 valence electrons. The lowest BCUT2D eigenvalue weighted by atomic mass is 10.2. The highest BCUT2D eigenvalue weighted by atomic mass is 19.1. The number of amides is 1. The zero-order chi connectivity index (χ0) is 13.1. The van der Waals surface area contributed by atoms with Crippen LogP contribution in [-0.2, 0) is 0 Å². The number of rotatable bonds is 2. The van der Waals surface area contributed by atoms with E-state index in [0.29, 0.717) is 5.69 Å². The second kappa shape index (κ2) is 4.91. The maximum absolute atomic E-state index is 13.4. The SMILES string of the molecule is CN(C(=O)c1ccncc1F)c1ccc(F)cc1. The lowest BCUT2D eigenvalue weighted by molar-refractivity contribution is 0.0989. The molecule has 0 bridgehead atoms. The van der Waals surface area contributed by atoms with Crippen LogP contribution < -0.4 is 4.90 Å². The summed E-state index contributed by atoms with van der Waals surface area (Å²) in [4.78, 5) is 16.8. The molecular weight excluding hydrogens is 238 g/mol. The number of benzene rings is 1. The molecule has 2 rings (SSSR count). The molecule has 0 atom stereocenters. The maximum atomic E-state index is 13.4. The quantitative estimate of drug-likeness (QED) is 0.818. The van der Waals surface area contributed by atoms with E-state index in [1.807, 2.05) is 0 Å². The second-order valence-corrected chi connectivity index (χ2v) is 3.70. The summed E-state index contributed by atoms with van der Waals surface area (Å²) in [6, 6.07) is 6.68. The number of aromatic nitrogens is 1. The minimum Gasteiger partial charge on any atom is -0.311 e. The van der Waals surface area contributed by atoms with E-state index in [-0.39, 0.29) is 5.56 Å². The standard InChI is InChI=1S/C13H10F2N2O/c1-17(10-4-2-9(14)3-5-10)13(18)11-6-7-16-8-12(11)15/h2-8H,1H3. The van der Waals surface area contributed by atoms with Crippen LogP contribution in [0.1, 0.15) is 10.4 Å². The molecule has 5 heteroatoms. The van der Waals surface area contributed by atoms with Gasteiger partial charge in [-0.25, -0.2) is 8.78 Å². The van der Waals surface area contributed by atoms with Gasteiger partial charge in [0.1, 0.15) is 5.82 Å². The minimum atomic E-state index is -0.684. The summed E-state index contributed by atoms with van der Waals surface area (Å²) in [6.07, 6.45) is 2.32. The maximum Gasteiger partial charge on any atom is 0.261 e. The fourth-order valence-corrected chi connectivity index (χ4v) is 1.51. The van der Waals surface area contributed by atoms with Gasteiger partial charge in [-0.1, -0.05) is 0 Å². The Kier molecular flexibility index (Phi) is 3.32. The van der Waals surface area contributed by atoms with Gasteiger partial charge in [0, 0.05) is 18.9 Å². The van der Waals surface area contributed by atoms with Crippen LogP contribution >= 0.6 is 0 Å². The number of anilines is 1. The van der Waals surface area contributed by atoms with Gasteiger partial charge >= 0.3 is 0 Å². The van der Waals surface area contributed by atoms with E-state index in [1.165, 1.54) is 48.5 Å². The predicted molar refractivity (Wildman–Crippen MR) is 63.3 cm³/mol. The number of hydrogen-bond donors (Lipinski definition) is 0. The van der Waals surface area contributed by atoms with Crippen LogP contribution in [0.2, 0.25) is 0 Å². The predicted octanol–water partition coefficient (Wildman–Crippen LogP) is 2.64. The molecule has 0 spiro atoms. The van der Waals surface area contributed by atoms with E-state index < -0.39 is 17.5 Å². The summed E-state index contributed by atoms with van der Waals surface area (Å²) in [5.41, 5.74) is 0.412. The molecule has 0 saturated carbocycles. The number of carbonyl (C=O) groups is 1. The van der Waals surface area contributed by atoms with Crippen LogP contribution in [0, 0.1) is 11.6 Å². The Hall–Kier alpha value is -2.30. The molecule has 0 fully saturated rings. The molecule has 0 radical (unpaired) electrons. The Balaban J connectivity index is 2.29. The van der Waals surface area contributed by atoms with Crippen molar-refractivity contribution in [3.8, 4) is 0 Å². The van der Waals surface area contributed by atoms with Gasteiger partial charge in [0.25, 0.3) is 5.91 Å². The molecule has 1 amide bonds. The van der Waals surface area contributed by atoms with Crippen molar-refractivity contribution in [1.82, 2.24) is 4.98 Å². The van der Waals surface area contributed by atoms with Crippen molar-refractivity contribution in [1.29, 1.82) is 0 Å². The smallest absolute Gasteiger partial charge is 0.261 e. The van der Waals surface area contributed by atoms with Crippen molar-refractivity contribution < 1.29 is 13.6 Å². The van der Waals surface area contributed by atoms with Gasteiger partial charge in [0.2, 0.25) is 0 Å². The second-order valence-electron chi connectivity index (χ2n) is 3.70. The van der Waals surface area contributed by atoms with E-state index in [2.05, 4.69) is 4.98 Å². The first-order chi connectivity index (χ1) is 8.59. The van der Waals surface area contributed by atoms with Crippen molar-refractivity contribution in [2.24, 2.45) is 0 Å². The van der Waals surface area contributed by atoms with Gasteiger partial charge in [-0.2, -0.15) is 0 Å². The summed E-state index contributed by atoms with van der Waals surface area (Å²) in [6.45, 7) is 0. The third kappa shape index (κ3) is 2.34. The molecule has 0 N–H and O–H groups in total. The summed E-state index contributed by atoms with van der Waals surface area (Å²) < 4.78 is 26.2. The molecular formula is C13H10F2N2O. The van der Waals surface area contributed by atoms with E-state index in [0.717, 1.165) is 6.20 Å². The minimum absolute atomic E-state index is 0.0724. The van der Waals surface area contributed by atoms with Crippen LogP contribution in [0.5, 0.6) is 0 Å². The topological polar surface area (TPSA) is 33.2 Å². The highest BCUT2D eigenvalue weighted by molar-refractivity contribution is 6.05. The Morgan fingerprint density at radius 2 is 1.83 bits per heavy atom. The van der Waals surface area contributed by atoms with Gasteiger partial charge in [0.15, 0.2) is 5.82 Å². The lowest BCUT2D eigenvalue weighted by Gasteiger charge is -2.17. The lowest BCUT2D eigenvalue weighted by Crippen LogP contribution is -2.27. The third-order valence-corrected chi connectivity index (χ3v) is 2.52. The normalized spacial score (nSPS) is 10.2. The highest BCUT2D eigenvalue weighted by Gasteiger charge is 2.17. The van der Waals surface area contributed by atoms with Gasteiger partial charge in [-0.3, -0.25) is 9.78 Å². The fraction of sp³-hybridized carbons (Fsp3) is 0.0769. The number of hydrogen-bond acceptors (Lipinski definition) is 2. The Labute approximate surface area is 103 Å². The third-order valence-electron chi connectivity index (χ3n) is 2.52. The van der Waals surface area contributed by atoms with Crippen LogP contribution in [0.4, 0.5) is 14.5 Å². The van der Waals surface area contributed by atoms with E-state index in [9.17, 15) is 13.6 Å². The number of carbonyl (C=O) groups excluding carboxylic acids is 1. The molecule has 0 aliphatic heterocycles. The van der Waals surface area contributed by atoms with Crippen molar-refractivity contribution >= 4 is 11.6 Å². The average Bonchev–Trinajstić information content (AvgIpc) is 2.38. The molecule has 1 heterocycles. The summed E-state index contributed by atoms with van der Waals surface area (Å²) in [5.74, 6) is -1.59. The molecule has 18 heavy (non-hydrogen) atoms. The van der Waals surface area contributed by atoms with E-state index in [4.69, 9.17) is 0 Å². The number of pyridine rings is 1.